The molecule has 6 nitrogen and oxygen atoms in total. The van der Waals surface area contributed by atoms with Crippen LogP contribution in [0.3, 0.4) is 0 Å². The molecule has 4 heterocycles. The molecule has 0 radical (unpaired) electrons. The lowest BCUT2D eigenvalue weighted by Gasteiger charge is -2.46. The van der Waals surface area contributed by atoms with Crippen molar-refractivity contribution >= 4 is 21.9 Å². The Bertz CT molecular complexity index is 2860. The quantitative estimate of drug-likeness (QED) is 0.148. The lowest BCUT2D eigenvalue weighted by molar-refractivity contribution is 0.0355. The van der Waals surface area contributed by atoms with Crippen LogP contribution in [0.2, 0.25) is 0 Å². The van der Waals surface area contributed by atoms with Crippen LogP contribution in [-0.4, -0.2) is 70.5 Å². The van der Waals surface area contributed by atoms with Gasteiger partial charge in [-0.3, -0.25) is 9.80 Å². The van der Waals surface area contributed by atoms with E-state index in [4.69, 9.17) is 18.3 Å². The third-order valence-corrected chi connectivity index (χ3v) is 22.3. The Morgan fingerprint density at radius 3 is 1.19 bits per heavy atom. The van der Waals surface area contributed by atoms with Crippen molar-refractivity contribution in [3.8, 4) is 0 Å². The van der Waals surface area contributed by atoms with Crippen molar-refractivity contribution in [2.75, 3.05) is 0 Å². The fraction of sp³-hybridized carbons (Fsp3) is 0.595. The molecule has 2 aliphatic heterocycles. The monoisotopic (exact) mass is 1070 g/mol. The third kappa shape index (κ3) is 10.5. The van der Waals surface area contributed by atoms with Gasteiger partial charge in [-0.2, -0.15) is 0 Å². The van der Waals surface area contributed by atoms with E-state index in [-0.39, 0.29) is 35.2 Å². The van der Waals surface area contributed by atoms with Gasteiger partial charge < -0.3 is 18.3 Å². The van der Waals surface area contributed by atoms with E-state index in [9.17, 15) is 0 Å². The van der Waals surface area contributed by atoms with Gasteiger partial charge in [-0.05, 0) is 210 Å². The zero-order valence-electron chi connectivity index (χ0n) is 49.6. The lowest BCUT2D eigenvalue weighted by Crippen LogP contribution is -2.50. The molecule has 2 fully saturated rings. The topological polar surface area (TPSA) is 51.2 Å². The van der Waals surface area contributed by atoms with Gasteiger partial charge in [-0.1, -0.05) is 138 Å². The Morgan fingerprint density at radius 2 is 0.838 bits per heavy atom. The Hall–Kier alpha value is -4.46. The van der Waals surface area contributed by atoms with Crippen molar-refractivity contribution in [2.45, 2.75) is 255 Å². The van der Waals surface area contributed by atoms with E-state index in [0.717, 1.165) is 48.4 Å². The maximum Gasteiger partial charge on any atom is 0.134 e. The van der Waals surface area contributed by atoms with Gasteiger partial charge in [-0.25, -0.2) is 0 Å². The Balaban J connectivity index is 0.629. The molecule has 2 saturated heterocycles. The molecule has 424 valence electrons. The van der Waals surface area contributed by atoms with E-state index < -0.39 is 0 Å². The van der Waals surface area contributed by atoms with E-state index in [2.05, 4.69) is 161 Å². The molecule has 0 bridgehead atoms. The zero-order chi connectivity index (χ0) is 54.3. The first-order chi connectivity index (χ1) is 38.8. The molecule has 0 saturated carbocycles. The van der Waals surface area contributed by atoms with Crippen LogP contribution >= 0.6 is 0 Å². The van der Waals surface area contributed by atoms with Crippen LogP contribution in [0.5, 0.6) is 0 Å². The van der Waals surface area contributed by atoms with E-state index in [0.29, 0.717) is 59.9 Å². The number of fused-ring (bicyclic) bond motifs is 6. The number of benzene rings is 2. The molecule has 8 aliphatic carbocycles. The molecule has 4 aromatic rings. The van der Waals surface area contributed by atoms with E-state index in [1.807, 2.05) is 0 Å². The fourth-order valence-corrected chi connectivity index (χ4v) is 17.9. The van der Waals surface area contributed by atoms with Gasteiger partial charge in [0.05, 0.1) is 24.4 Å². The standard InChI is InChI=1S/C74H94N2O4/c1-73(2,3)55-25-37-61(38-26-55)75(57-29-15-47(16-30-57)67-43-51-11-7-9-13-65(51)77-67)59-33-19-49(20-34-59)69-45-53-23-41-64-63(71(53)79-69)42-24-54-46-70(80-72(54)64)50-21-35-60(36-22-50)76(62-39-27-56(28-40-62)74(4,5)6)58-31-17-48(18-32-58)68-44-52-12-8-10-14-66(52)78-68/h7-15,17,19,21,25,27,29,31,43-44,47-48,53-54,57-62,69-72H,16,18,20,22-24,26,28,30,32-42,45-46H2,1-6H3/t47-,48-,53?,54?,57+,58+,59+,60+,61-,62-,69?,70?,71+,72+/m1/s1. The molecule has 0 amide bonds. The number of allylic oxidation sites excluding steroid dienone is 4. The van der Waals surface area contributed by atoms with Gasteiger partial charge in [0.2, 0.25) is 0 Å². The highest BCUT2D eigenvalue weighted by Gasteiger charge is 2.50. The number of hydrogen-bond acceptors (Lipinski definition) is 6. The summed E-state index contributed by atoms with van der Waals surface area (Å²) in [7, 11) is 0. The highest BCUT2D eigenvalue weighted by atomic mass is 16.5. The van der Waals surface area contributed by atoms with Crippen LogP contribution in [-0.2, 0) is 9.47 Å². The van der Waals surface area contributed by atoms with E-state index >= 15 is 0 Å². The second-order valence-corrected chi connectivity index (χ2v) is 29.0. The smallest absolute Gasteiger partial charge is 0.134 e. The summed E-state index contributed by atoms with van der Waals surface area (Å²) in [4.78, 5) is 6.02. The summed E-state index contributed by atoms with van der Waals surface area (Å²) in [6.07, 6.45) is 48.4. The minimum Gasteiger partial charge on any atom is -0.460 e. The minimum atomic E-state index is 0.256. The predicted molar refractivity (Wildman–Crippen MR) is 327 cm³/mol. The molecular weight excluding hydrogens is 981 g/mol. The number of ether oxygens (including phenoxy) is 2. The number of nitrogens with zero attached hydrogens (tertiary/aromatic N) is 2. The van der Waals surface area contributed by atoms with Crippen molar-refractivity contribution in [3.63, 3.8) is 0 Å². The van der Waals surface area contributed by atoms with Crippen molar-refractivity contribution in [1.29, 1.82) is 0 Å². The Morgan fingerprint density at radius 1 is 0.425 bits per heavy atom. The summed E-state index contributed by atoms with van der Waals surface area (Å²) in [5.41, 5.74) is 12.4. The largest absolute Gasteiger partial charge is 0.460 e. The molecule has 14 rings (SSSR count). The van der Waals surface area contributed by atoms with Crippen LogP contribution in [0.4, 0.5) is 0 Å². The second kappa shape index (κ2) is 21.9. The van der Waals surface area contributed by atoms with E-state index in [1.165, 1.54) is 126 Å². The maximum absolute atomic E-state index is 7.36. The summed E-state index contributed by atoms with van der Waals surface area (Å²) < 4.78 is 27.5. The van der Waals surface area contributed by atoms with Gasteiger partial charge in [-0.15, -0.1) is 0 Å². The molecular formula is C74H94N2O4. The number of furan rings is 2. The highest BCUT2D eigenvalue weighted by molar-refractivity contribution is 5.78. The van der Waals surface area contributed by atoms with Crippen molar-refractivity contribution in [2.24, 2.45) is 22.7 Å². The molecule has 80 heavy (non-hydrogen) atoms. The second-order valence-electron chi connectivity index (χ2n) is 29.0. The van der Waals surface area contributed by atoms with E-state index in [1.54, 1.807) is 33.4 Å². The summed E-state index contributed by atoms with van der Waals surface area (Å²) in [5, 5.41) is 2.43. The van der Waals surface area contributed by atoms with Gasteiger partial charge in [0.1, 0.15) is 22.7 Å². The first kappa shape index (κ1) is 53.5. The number of rotatable bonds is 10. The molecule has 14 atom stereocenters. The van der Waals surface area contributed by atoms with Gasteiger partial charge >= 0.3 is 0 Å². The molecule has 4 unspecified atom stereocenters. The minimum absolute atomic E-state index is 0.256. The van der Waals surface area contributed by atoms with Crippen LogP contribution in [0, 0.1) is 22.7 Å². The van der Waals surface area contributed by atoms with Crippen molar-refractivity contribution < 1.29 is 18.3 Å². The Labute approximate surface area is 479 Å². The SMILES string of the molecule is CC(C)(C)C1=CC[C@@H](N([C@H]2CC=C(C3CC4CCC5=C(CCC6CC(C7=CC[C@H](N([C@@H]8CC=C(C(C)(C)C)CC8)[C@H]8C=C[C@@H](c9cc%10ccccc%10o9)CC8)CC7)O[C@H]56)[C@H]4O3)CC2)[C@H]2C=C[C@@H](c3cc4ccccc4o3)CC2)CC1. The first-order valence-corrected chi connectivity index (χ1v) is 32.5. The zero-order valence-corrected chi connectivity index (χ0v) is 49.6. The Kier molecular flexibility index (Phi) is 14.7. The molecule has 0 N–H and O–H groups in total. The van der Waals surface area contributed by atoms with Crippen LogP contribution in [0.15, 0.2) is 152 Å². The number of hydrogen-bond donors (Lipinski definition) is 0. The molecule has 2 aromatic carbocycles. The van der Waals surface area contributed by atoms with Crippen molar-refractivity contribution in [1.82, 2.24) is 9.80 Å². The van der Waals surface area contributed by atoms with Gasteiger partial charge in [0.25, 0.3) is 0 Å². The van der Waals surface area contributed by atoms with Gasteiger partial charge in [0, 0.05) is 58.9 Å². The first-order valence-electron chi connectivity index (χ1n) is 32.5. The fourth-order valence-electron chi connectivity index (χ4n) is 17.9. The van der Waals surface area contributed by atoms with Crippen LogP contribution < -0.4 is 0 Å². The lowest BCUT2D eigenvalue weighted by atomic mass is 9.70. The van der Waals surface area contributed by atoms with Gasteiger partial charge in [0.15, 0.2) is 0 Å². The average Bonchev–Trinajstić information content (AvgIpc) is 4.50. The van der Waals surface area contributed by atoms with Crippen LogP contribution in [0.1, 0.15) is 206 Å². The normalized spacial score (nSPS) is 35.0. The maximum atomic E-state index is 7.36. The number of para-hydroxylation sites is 2. The summed E-state index contributed by atoms with van der Waals surface area (Å²) in [6.45, 7) is 14.4. The predicted octanol–water partition coefficient (Wildman–Crippen LogP) is 18.5. The summed E-state index contributed by atoms with van der Waals surface area (Å²) in [5.74, 6) is 4.26. The highest BCUT2D eigenvalue weighted by Crippen LogP contribution is 2.53. The van der Waals surface area contributed by atoms with Crippen molar-refractivity contribution in [3.05, 3.63) is 154 Å². The molecule has 2 aromatic heterocycles. The molecule has 6 heteroatoms. The summed E-state index contributed by atoms with van der Waals surface area (Å²) in [6, 6.07) is 24.8. The summed E-state index contributed by atoms with van der Waals surface area (Å²) >= 11 is 0. The van der Waals surface area contributed by atoms with Crippen LogP contribution in [0.25, 0.3) is 21.9 Å². The third-order valence-electron chi connectivity index (χ3n) is 22.3. The molecule has 10 aliphatic rings. The molecule has 0 spiro atoms. The average molecular weight is 1080 g/mol.